The van der Waals surface area contributed by atoms with Crippen molar-refractivity contribution in [2.75, 3.05) is 31.6 Å². The van der Waals surface area contributed by atoms with Crippen molar-refractivity contribution in [3.8, 4) is 0 Å². The van der Waals surface area contributed by atoms with Gasteiger partial charge in [0.15, 0.2) is 0 Å². The first-order valence-electron chi connectivity index (χ1n) is 7.16. The van der Waals surface area contributed by atoms with Crippen molar-refractivity contribution in [1.29, 1.82) is 0 Å². The summed E-state index contributed by atoms with van der Waals surface area (Å²) in [5, 5.41) is 3.51. The van der Waals surface area contributed by atoms with Crippen LogP contribution in [0.1, 0.15) is 24.9 Å². The summed E-state index contributed by atoms with van der Waals surface area (Å²) in [5.74, 6) is 0.271. The van der Waals surface area contributed by atoms with Gasteiger partial charge in [-0.1, -0.05) is 30.3 Å². The van der Waals surface area contributed by atoms with Crippen molar-refractivity contribution in [2.24, 2.45) is 0 Å². The third-order valence-corrected chi connectivity index (χ3v) is 4.78. The Hall–Kier alpha value is -0.910. The van der Waals surface area contributed by atoms with Crippen LogP contribution in [0.2, 0.25) is 0 Å². The van der Waals surface area contributed by atoms with Gasteiger partial charge in [0.25, 0.3) is 0 Å². The number of piperazine rings is 1. The van der Waals surface area contributed by atoms with Crippen LogP contribution < -0.4 is 5.32 Å². The van der Waals surface area contributed by atoms with Crippen LogP contribution in [0.3, 0.4) is 0 Å². The Morgan fingerprint density at radius 2 is 2.00 bits per heavy atom. The van der Waals surface area contributed by atoms with Crippen molar-refractivity contribution in [2.45, 2.75) is 25.4 Å². The zero-order chi connectivity index (χ0) is 14.6. The van der Waals surface area contributed by atoms with Gasteiger partial charge in [-0.05, 0) is 25.5 Å². The van der Waals surface area contributed by atoms with E-state index in [2.05, 4.69) is 41.4 Å². The third kappa shape index (κ3) is 4.58. The van der Waals surface area contributed by atoms with Gasteiger partial charge in [-0.2, -0.15) is 0 Å². The minimum absolute atomic E-state index is 0.271. The highest BCUT2D eigenvalue weighted by molar-refractivity contribution is 7.90. The summed E-state index contributed by atoms with van der Waals surface area (Å²) in [6, 6.07) is 11.2. The molecular weight excluding hydrogens is 272 g/mol. The Morgan fingerprint density at radius 1 is 1.30 bits per heavy atom. The molecule has 1 aliphatic rings. The quantitative estimate of drug-likeness (QED) is 0.893. The maximum atomic E-state index is 11.3. The molecule has 0 bridgehead atoms. The van der Waals surface area contributed by atoms with E-state index in [0.717, 1.165) is 19.6 Å². The number of nitrogens with zero attached hydrogens (tertiary/aromatic N) is 1. The molecule has 0 aromatic heterocycles. The lowest BCUT2D eigenvalue weighted by Gasteiger charge is -2.39. The summed E-state index contributed by atoms with van der Waals surface area (Å²) in [4.78, 5) is 2.40. The second-order valence-corrected chi connectivity index (χ2v) is 7.97. The van der Waals surface area contributed by atoms with Crippen molar-refractivity contribution in [3.05, 3.63) is 35.9 Å². The normalized spacial score (nSPS) is 24.7. The predicted molar refractivity (Wildman–Crippen MR) is 82.5 cm³/mol. The van der Waals surface area contributed by atoms with Crippen molar-refractivity contribution >= 4 is 9.84 Å². The molecule has 4 nitrogen and oxygen atoms in total. The number of sulfone groups is 1. The van der Waals surface area contributed by atoms with Gasteiger partial charge in [0.2, 0.25) is 0 Å². The number of benzene rings is 1. The lowest BCUT2D eigenvalue weighted by molar-refractivity contribution is 0.136. The van der Waals surface area contributed by atoms with Crippen LogP contribution in [0.25, 0.3) is 0 Å². The van der Waals surface area contributed by atoms with Crippen molar-refractivity contribution < 1.29 is 8.42 Å². The van der Waals surface area contributed by atoms with Gasteiger partial charge in [0, 0.05) is 31.4 Å². The number of hydrogen-bond donors (Lipinski definition) is 1. The number of nitrogens with one attached hydrogen (secondary N) is 1. The predicted octanol–water partition coefficient (Wildman–Crippen LogP) is 1.46. The fourth-order valence-corrected chi connectivity index (χ4v) is 3.42. The molecule has 1 saturated heterocycles. The molecule has 2 rings (SSSR count). The Bertz CT molecular complexity index is 516. The zero-order valence-electron chi connectivity index (χ0n) is 12.2. The second-order valence-electron chi connectivity index (χ2n) is 5.71. The fourth-order valence-electron chi connectivity index (χ4n) is 2.77. The molecule has 0 amide bonds. The molecule has 2 atom stereocenters. The maximum absolute atomic E-state index is 11.3. The summed E-state index contributed by atoms with van der Waals surface area (Å²) < 4.78 is 22.5. The molecule has 1 aromatic carbocycles. The average molecular weight is 296 g/mol. The van der Waals surface area contributed by atoms with Gasteiger partial charge in [-0.15, -0.1) is 0 Å². The first-order chi connectivity index (χ1) is 9.46. The van der Waals surface area contributed by atoms with E-state index in [1.54, 1.807) is 0 Å². The highest BCUT2D eigenvalue weighted by atomic mass is 32.2. The third-order valence-electron chi connectivity index (χ3n) is 3.75. The van der Waals surface area contributed by atoms with Crippen LogP contribution >= 0.6 is 0 Å². The highest BCUT2D eigenvalue weighted by Gasteiger charge is 2.26. The van der Waals surface area contributed by atoms with Crippen LogP contribution in [-0.2, 0) is 9.84 Å². The average Bonchev–Trinajstić information content (AvgIpc) is 2.38. The molecule has 1 heterocycles. The van der Waals surface area contributed by atoms with Crippen molar-refractivity contribution in [1.82, 2.24) is 10.2 Å². The van der Waals surface area contributed by atoms with Gasteiger partial charge < -0.3 is 5.32 Å². The largest absolute Gasteiger partial charge is 0.311 e. The maximum Gasteiger partial charge on any atom is 0.147 e. The molecule has 2 unspecified atom stereocenters. The number of hydrogen-bond acceptors (Lipinski definition) is 4. The van der Waals surface area contributed by atoms with Gasteiger partial charge in [0.1, 0.15) is 9.84 Å². The summed E-state index contributed by atoms with van der Waals surface area (Å²) in [7, 11) is -2.86. The van der Waals surface area contributed by atoms with Gasteiger partial charge in [-0.25, -0.2) is 8.42 Å². The smallest absolute Gasteiger partial charge is 0.147 e. The highest BCUT2D eigenvalue weighted by Crippen LogP contribution is 2.23. The van der Waals surface area contributed by atoms with Crippen molar-refractivity contribution in [3.63, 3.8) is 0 Å². The second kappa shape index (κ2) is 6.70. The van der Waals surface area contributed by atoms with Crippen LogP contribution in [0.4, 0.5) is 0 Å². The SMILES string of the molecule is CC1CN(CCCS(C)(=O)=O)C(c2ccccc2)CN1. The van der Waals surface area contributed by atoms with E-state index in [1.165, 1.54) is 11.8 Å². The van der Waals surface area contributed by atoms with Gasteiger partial charge in [0.05, 0.1) is 5.75 Å². The summed E-state index contributed by atoms with van der Waals surface area (Å²) in [5.41, 5.74) is 1.30. The molecule has 1 fully saturated rings. The summed E-state index contributed by atoms with van der Waals surface area (Å²) in [6.07, 6.45) is 2.01. The van der Waals surface area contributed by atoms with Gasteiger partial charge in [-0.3, -0.25) is 4.90 Å². The molecule has 1 N–H and O–H groups in total. The van der Waals surface area contributed by atoms with Crippen LogP contribution in [0.15, 0.2) is 30.3 Å². The molecule has 20 heavy (non-hydrogen) atoms. The van der Waals surface area contributed by atoms with Crippen LogP contribution in [-0.4, -0.2) is 51.0 Å². The molecular formula is C15H24N2O2S. The Balaban J connectivity index is 2.01. The standard InChI is InChI=1S/C15H24N2O2S/c1-13-12-17(9-6-10-20(2,18)19)15(11-16-13)14-7-4-3-5-8-14/h3-5,7-8,13,15-16H,6,9-12H2,1-2H3. The first kappa shape index (κ1) is 15.5. The van der Waals surface area contributed by atoms with Gasteiger partial charge >= 0.3 is 0 Å². The molecule has 1 aromatic rings. The fraction of sp³-hybridized carbons (Fsp3) is 0.600. The summed E-state index contributed by atoms with van der Waals surface area (Å²) in [6.45, 7) is 4.89. The molecule has 0 spiro atoms. The minimum atomic E-state index is -2.86. The Labute approximate surface area is 122 Å². The lowest BCUT2D eigenvalue weighted by Crippen LogP contribution is -2.51. The Morgan fingerprint density at radius 3 is 2.65 bits per heavy atom. The minimum Gasteiger partial charge on any atom is -0.311 e. The van der Waals surface area contributed by atoms with E-state index in [-0.39, 0.29) is 5.75 Å². The molecule has 0 radical (unpaired) electrons. The van der Waals surface area contributed by atoms with E-state index < -0.39 is 9.84 Å². The molecule has 5 heteroatoms. The first-order valence-corrected chi connectivity index (χ1v) is 9.22. The topological polar surface area (TPSA) is 49.4 Å². The van der Waals surface area contributed by atoms with E-state index in [4.69, 9.17) is 0 Å². The van der Waals surface area contributed by atoms with Crippen LogP contribution in [0, 0.1) is 0 Å². The van der Waals surface area contributed by atoms with E-state index in [1.807, 2.05) is 6.07 Å². The zero-order valence-corrected chi connectivity index (χ0v) is 13.1. The van der Waals surface area contributed by atoms with Crippen LogP contribution in [0.5, 0.6) is 0 Å². The molecule has 0 aliphatic carbocycles. The molecule has 0 saturated carbocycles. The molecule has 1 aliphatic heterocycles. The lowest BCUT2D eigenvalue weighted by atomic mass is 10.0. The Kier molecular flexibility index (Phi) is 5.18. The summed E-state index contributed by atoms with van der Waals surface area (Å²) >= 11 is 0. The number of rotatable bonds is 5. The van der Waals surface area contributed by atoms with E-state index in [0.29, 0.717) is 18.5 Å². The molecule has 112 valence electrons. The van der Waals surface area contributed by atoms with E-state index in [9.17, 15) is 8.42 Å². The van der Waals surface area contributed by atoms with E-state index >= 15 is 0 Å². The monoisotopic (exact) mass is 296 g/mol.